The first-order valence-corrected chi connectivity index (χ1v) is 8.92. The van der Waals surface area contributed by atoms with Gasteiger partial charge in [-0.3, -0.25) is 0 Å². The van der Waals surface area contributed by atoms with Crippen LogP contribution in [0, 0.1) is 0 Å². The molecular formula is C12H30N2O3Si. The van der Waals surface area contributed by atoms with Gasteiger partial charge in [-0.1, -0.05) is 0 Å². The van der Waals surface area contributed by atoms with Gasteiger partial charge in [-0.25, -0.2) is 0 Å². The lowest BCUT2D eigenvalue weighted by molar-refractivity contribution is 0.0691. The van der Waals surface area contributed by atoms with Crippen LogP contribution in [0.2, 0.25) is 6.04 Å². The van der Waals surface area contributed by atoms with Crippen molar-refractivity contribution in [1.29, 1.82) is 0 Å². The lowest BCUT2D eigenvalue weighted by atomic mass is 10.3. The van der Waals surface area contributed by atoms with E-state index in [1.165, 1.54) is 0 Å². The molecule has 1 unspecified atom stereocenters. The highest BCUT2D eigenvalue weighted by molar-refractivity contribution is 6.60. The van der Waals surface area contributed by atoms with Crippen LogP contribution < -0.4 is 11.1 Å². The normalized spacial score (nSPS) is 13.8. The molecule has 0 saturated heterocycles. The second kappa shape index (κ2) is 10.9. The number of hydrogen-bond donors (Lipinski definition) is 2. The molecule has 0 radical (unpaired) electrons. The Morgan fingerprint density at radius 2 is 1.56 bits per heavy atom. The Morgan fingerprint density at radius 3 is 1.94 bits per heavy atom. The third kappa shape index (κ3) is 7.45. The minimum atomic E-state index is -2.51. The first-order chi connectivity index (χ1) is 8.64. The predicted octanol–water partition coefficient (Wildman–Crippen LogP) is 1.36. The Morgan fingerprint density at radius 1 is 1.06 bits per heavy atom. The maximum absolute atomic E-state index is 5.82. The van der Waals surface area contributed by atoms with Crippen LogP contribution in [0.3, 0.4) is 0 Å². The molecule has 5 nitrogen and oxygen atoms in total. The van der Waals surface area contributed by atoms with Crippen LogP contribution in [0.5, 0.6) is 0 Å². The first-order valence-electron chi connectivity index (χ1n) is 6.99. The van der Waals surface area contributed by atoms with Gasteiger partial charge < -0.3 is 24.3 Å². The van der Waals surface area contributed by atoms with Gasteiger partial charge in [0.15, 0.2) is 0 Å². The maximum atomic E-state index is 5.82. The van der Waals surface area contributed by atoms with Crippen LogP contribution in [0.4, 0.5) is 0 Å². The van der Waals surface area contributed by atoms with Crippen molar-refractivity contribution in [2.75, 3.05) is 32.9 Å². The molecule has 0 aromatic carbocycles. The second-order valence-corrected chi connectivity index (χ2v) is 6.82. The van der Waals surface area contributed by atoms with E-state index in [-0.39, 0.29) is 0 Å². The summed E-state index contributed by atoms with van der Waals surface area (Å²) in [4.78, 5) is 0. The van der Waals surface area contributed by atoms with E-state index in [2.05, 4.69) is 12.2 Å². The Kier molecular flexibility index (Phi) is 10.9. The molecule has 1 atom stereocenters. The number of rotatable bonds is 12. The van der Waals surface area contributed by atoms with Crippen molar-refractivity contribution >= 4 is 8.80 Å². The zero-order chi connectivity index (χ0) is 13.9. The van der Waals surface area contributed by atoms with Crippen molar-refractivity contribution in [3.63, 3.8) is 0 Å². The van der Waals surface area contributed by atoms with E-state index in [1.54, 1.807) is 0 Å². The maximum Gasteiger partial charge on any atom is 0.502 e. The molecule has 0 aliphatic rings. The summed E-state index contributed by atoms with van der Waals surface area (Å²) in [5.41, 5.74) is 5.48. The van der Waals surface area contributed by atoms with E-state index in [4.69, 9.17) is 19.0 Å². The summed E-state index contributed by atoms with van der Waals surface area (Å²) in [6.07, 6.45) is 0.983. The van der Waals surface area contributed by atoms with Crippen molar-refractivity contribution in [1.82, 2.24) is 5.32 Å². The van der Waals surface area contributed by atoms with Gasteiger partial charge in [0.2, 0.25) is 0 Å². The molecule has 0 rings (SSSR count). The fourth-order valence-electron chi connectivity index (χ4n) is 1.86. The standard InChI is InChI=1S/C12H30N2O3Si/c1-5-15-18(16-6-2,17-7-3)11-12(4)14-10-8-9-13/h12,14H,5-11,13H2,1-4H3. The van der Waals surface area contributed by atoms with E-state index < -0.39 is 8.80 Å². The van der Waals surface area contributed by atoms with Crippen molar-refractivity contribution in [2.45, 2.75) is 46.2 Å². The zero-order valence-corrected chi connectivity index (χ0v) is 13.3. The monoisotopic (exact) mass is 278 g/mol. The molecular weight excluding hydrogens is 248 g/mol. The Balaban J connectivity index is 4.34. The van der Waals surface area contributed by atoms with Crippen molar-refractivity contribution in [3.05, 3.63) is 0 Å². The SMILES string of the molecule is CCO[Si](CC(C)NCCCN)(OCC)OCC. The van der Waals surface area contributed by atoms with Gasteiger partial charge in [0.25, 0.3) is 0 Å². The summed E-state index contributed by atoms with van der Waals surface area (Å²) in [5, 5.41) is 3.43. The van der Waals surface area contributed by atoms with Gasteiger partial charge in [0.05, 0.1) is 0 Å². The number of hydrogen-bond acceptors (Lipinski definition) is 5. The lowest BCUT2D eigenvalue weighted by Crippen LogP contribution is -2.50. The molecule has 0 fully saturated rings. The van der Waals surface area contributed by atoms with E-state index in [0.717, 1.165) is 19.0 Å². The van der Waals surface area contributed by atoms with Crippen LogP contribution in [-0.2, 0) is 13.3 Å². The molecule has 3 N–H and O–H groups in total. The lowest BCUT2D eigenvalue weighted by Gasteiger charge is -2.30. The van der Waals surface area contributed by atoms with Gasteiger partial charge in [-0.15, -0.1) is 0 Å². The number of nitrogens with one attached hydrogen (secondary N) is 1. The summed E-state index contributed by atoms with van der Waals surface area (Å²) in [6, 6.07) is 1.11. The Labute approximate surface area is 113 Å². The van der Waals surface area contributed by atoms with Gasteiger partial charge in [-0.05, 0) is 47.2 Å². The van der Waals surface area contributed by atoms with E-state index in [9.17, 15) is 0 Å². The van der Waals surface area contributed by atoms with E-state index in [0.29, 0.717) is 32.4 Å². The van der Waals surface area contributed by atoms with Crippen molar-refractivity contribution in [3.8, 4) is 0 Å². The van der Waals surface area contributed by atoms with Gasteiger partial charge in [0.1, 0.15) is 0 Å². The Bertz CT molecular complexity index is 179. The first kappa shape index (κ1) is 18.0. The minimum Gasteiger partial charge on any atom is -0.374 e. The van der Waals surface area contributed by atoms with Crippen LogP contribution in [0.25, 0.3) is 0 Å². The predicted molar refractivity (Wildman–Crippen MR) is 76.6 cm³/mol. The summed E-state index contributed by atoms with van der Waals surface area (Å²) < 4.78 is 17.5. The molecule has 0 saturated carbocycles. The zero-order valence-electron chi connectivity index (χ0n) is 12.3. The van der Waals surface area contributed by atoms with Crippen molar-refractivity contribution < 1.29 is 13.3 Å². The third-order valence-corrected chi connectivity index (χ3v) is 5.82. The largest absolute Gasteiger partial charge is 0.502 e. The summed E-state index contributed by atoms with van der Waals surface area (Å²) in [7, 11) is -2.51. The fraction of sp³-hybridized carbons (Fsp3) is 1.00. The quantitative estimate of drug-likeness (QED) is 0.417. The third-order valence-electron chi connectivity index (χ3n) is 2.52. The van der Waals surface area contributed by atoms with E-state index in [1.807, 2.05) is 20.8 Å². The number of nitrogens with two attached hydrogens (primary N) is 1. The highest BCUT2D eigenvalue weighted by Crippen LogP contribution is 2.18. The van der Waals surface area contributed by atoms with Crippen LogP contribution in [0.1, 0.15) is 34.1 Å². The van der Waals surface area contributed by atoms with E-state index >= 15 is 0 Å². The van der Waals surface area contributed by atoms with Gasteiger partial charge >= 0.3 is 8.80 Å². The summed E-state index contributed by atoms with van der Waals surface area (Å²) in [6.45, 7) is 11.6. The van der Waals surface area contributed by atoms with Crippen LogP contribution in [0.15, 0.2) is 0 Å². The molecule has 0 aliphatic carbocycles. The molecule has 0 aromatic rings. The van der Waals surface area contributed by atoms with Crippen LogP contribution >= 0.6 is 0 Å². The average Bonchev–Trinajstić information content (AvgIpc) is 2.30. The molecule has 0 spiro atoms. The highest BCUT2D eigenvalue weighted by atomic mass is 28.4. The fourth-order valence-corrected chi connectivity index (χ4v) is 4.68. The molecule has 0 aliphatic heterocycles. The molecule has 6 heteroatoms. The molecule has 0 amide bonds. The topological polar surface area (TPSA) is 65.7 Å². The summed E-state index contributed by atoms with van der Waals surface area (Å²) in [5.74, 6) is 0. The Hall–Kier alpha value is 0.0169. The van der Waals surface area contributed by atoms with Gasteiger partial charge in [-0.2, -0.15) is 0 Å². The van der Waals surface area contributed by atoms with Gasteiger partial charge in [0, 0.05) is 31.9 Å². The molecule has 0 heterocycles. The minimum absolute atomic E-state index is 0.313. The van der Waals surface area contributed by atoms with Crippen molar-refractivity contribution in [2.24, 2.45) is 5.73 Å². The molecule has 0 bridgehead atoms. The smallest absolute Gasteiger partial charge is 0.374 e. The molecule has 18 heavy (non-hydrogen) atoms. The summed E-state index contributed by atoms with van der Waals surface area (Å²) >= 11 is 0. The molecule has 0 aromatic heterocycles. The second-order valence-electron chi connectivity index (χ2n) is 4.18. The molecule has 110 valence electrons. The average molecular weight is 278 g/mol. The highest BCUT2D eigenvalue weighted by Gasteiger charge is 2.41. The van der Waals surface area contributed by atoms with Crippen LogP contribution in [-0.4, -0.2) is 47.8 Å².